The number of aryl methyl sites for hydroxylation is 1. The SMILES string of the molecule is O=Cc1cn2c(nc1=O)OCCC2. The highest BCUT2D eigenvalue weighted by atomic mass is 16.5. The molecule has 5 heteroatoms. The highest BCUT2D eigenvalue weighted by molar-refractivity contribution is 5.73. The number of aromatic nitrogens is 2. The van der Waals surface area contributed by atoms with Gasteiger partial charge in [0.25, 0.3) is 11.6 Å². The molecule has 0 fully saturated rings. The Hall–Kier alpha value is -1.65. The van der Waals surface area contributed by atoms with Crippen LogP contribution in [0.25, 0.3) is 0 Å². The maximum atomic E-state index is 11.1. The Morgan fingerprint density at radius 1 is 1.62 bits per heavy atom. The summed E-state index contributed by atoms with van der Waals surface area (Å²) in [6, 6.07) is 0.307. The summed E-state index contributed by atoms with van der Waals surface area (Å²) in [5.74, 6) is 0. The van der Waals surface area contributed by atoms with Crippen LogP contribution in [0.2, 0.25) is 0 Å². The Morgan fingerprint density at radius 2 is 2.46 bits per heavy atom. The molecule has 0 bridgehead atoms. The van der Waals surface area contributed by atoms with E-state index in [1.54, 1.807) is 4.57 Å². The molecular weight excluding hydrogens is 172 g/mol. The van der Waals surface area contributed by atoms with Crippen molar-refractivity contribution in [3.63, 3.8) is 0 Å². The minimum Gasteiger partial charge on any atom is -0.465 e. The van der Waals surface area contributed by atoms with Gasteiger partial charge in [0.1, 0.15) is 0 Å². The van der Waals surface area contributed by atoms with Gasteiger partial charge in [-0.1, -0.05) is 0 Å². The van der Waals surface area contributed by atoms with Crippen molar-refractivity contribution >= 4 is 6.29 Å². The first-order valence-electron chi connectivity index (χ1n) is 4.01. The van der Waals surface area contributed by atoms with Crippen LogP contribution in [0.5, 0.6) is 6.01 Å². The number of aldehydes is 1. The zero-order valence-electron chi connectivity index (χ0n) is 6.90. The van der Waals surface area contributed by atoms with Crippen molar-refractivity contribution in [3.05, 3.63) is 22.1 Å². The number of nitrogens with zero attached hydrogens (tertiary/aromatic N) is 2. The topological polar surface area (TPSA) is 61.2 Å². The van der Waals surface area contributed by atoms with E-state index in [1.807, 2.05) is 0 Å². The molecule has 0 radical (unpaired) electrons. The van der Waals surface area contributed by atoms with E-state index in [4.69, 9.17) is 4.74 Å². The van der Waals surface area contributed by atoms with Crippen molar-refractivity contribution in [1.82, 2.24) is 9.55 Å². The Bertz CT molecular complexity index is 397. The van der Waals surface area contributed by atoms with E-state index in [9.17, 15) is 9.59 Å². The highest BCUT2D eigenvalue weighted by Crippen LogP contribution is 2.11. The van der Waals surface area contributed by atoms with Gasteiger partial charge in [0, 0.05) is 12.7 Å². The lowest BCUT2D eigenvalue weighted by Crippen LogP contribution is -2.23. The van der Waals surface area contributed by atoms with Crippen LogP contribution in [0.1, 0.15) is 16.8 Å². The van der Waals surface area contributed by atoms with Gasteiger partial charge in [-0.25, -0.2) is 0 Å². The average Bonchev–Trinajstić information content (AvgIpc) is 2.17. The van der Waals surface area contributed by atoms with Gasteiger partial charge in [-0.2, -0.15) is 4.98 Å². The summed E-state index contributed by atoms with van der Waals surface area (Å²) in [7, 11) is 0. The smallest absolute Gasteiger partial charge is 0.299 e. The highest BCUT2D eigenvalue weighted by Gasteiger charge is 2.12. The van der Waals surface area contributed by atoms with Gasteiger partial charge in [0.05, 0.1) is 12.2 Å². The first-order valence-corrected chi connectivity index (χ1v) is 4.01. The zero-order chi connectivity index (χ0) is 9.26. The molecule has 0 aromatic carbocycles. The van der Waals surface area contributed by atoms with Gasteiger partial charge in [-0.3, -0.25) is 9.59 Å². The fourth-order valence-electron chi connectivity index (χ4n) is 1.25. The summed E-state index contributed by atoms with van der Waals surface area (Å²) >= 11 is 0. The van der Waals surface area contributed by atoms with Crippen LogP contribution >= 0.6 is 0 Å². The van der Waals surface area contributed by atoms with Crippen molar-refractivity contribution in [2.75, 3.05) is 6.61 Å². The number of hydrogen-bond donors (Lipinski definition) is 0. The summed E-state index contributed by atoms with van der Waals surface area (Å²) < 4.78 is 6.81. The maximum Gasteiger partial charge on any atom is 0.299 e. The third kappa shape index (κ3) is 1.32. The molecule has 0 saturated carbocycles. The van der Waals surface area contributed by atoms with Gasteiger partial charge in [-0.15, -0.1) is 0 Å². The van der Waals surface area contributed by atoms with Crippen molar-refractivity contribution in [1.29, 1.82) is 0 Å². The zero-order valence-corrected chi connectivity index (χ0v) is 6.90. The lowest BCUT2D eigenvalue weighted by Gasteiger charge is -2.17. The third-order valence-corrected chi connectivity index (χ3v) is 1.89. The molecule has 0 atom stereocenters. The van der Waals surface area contributed by atoms with Crippen molar-refractivity contribution in [3.8, 4) is 6.01 Å². The monoisotopic (exact) mass is 180 g/mol. The van der Waals surface area contributed by atoms with Crippen LogP contribution in [0, 0.1) is 0 Å². The van der Waals surface area contributed by atoms with E-state index in [1.165, 1.54) is 6.20 Å². The van der Waals surface area contributed by atoms with Crippen LogP contribution in [-0.2, 0) is 6.54 Å². The summed E-state index contributed by atoms with van der Waals surface area (Å²) in [4.78, 5) is 25.1. The second-order valence-electron chi connectivity index (χ2n) is 2.80. The van der Waals surface area contributed by atoms with E-state index in [0.717, 1.165) is 13.0 Å². The summed E-state index contributed by atoms with van der Waals surface area (Å²) in [6.45, 7) is 1.32. The van der Waals surface area contributed by atoms with Crippen LogP contribution in [0.3, 0.4) is 0 Å². The molecule has 68 valence electrons. The van der Waals surface area contributed by atoms with Crippen LogP contribution in [0.4, 0.5) is 0 Å². The van der Waals surface area contributed by atoms with Crippen LogP contribution in [-0.4, -0.2) is 22.4 Å². The molecule has 1 aromatic rings. The van der Waals surface area contributed by atoms with Gasteiger partial charge in [-0.05, 0) is 6.42 Å². The standard InChI is InChI=1S/C8H8N2O3/c11-5-6-4-10-2-1-3-13-8(10)9-7(6)12/h4-5H,1-3H2. The van der Waals surface area contributed by atoms with Crippen molar-refractivity contribution in [2.24, 2.45) is 0 Å². The maximum absolute atomic E-state index is 11.1. The second-order valence-corrected chi connectivity index (χ2v) is 2.80. The first kappa shape index (κ1) is 7.97. The predicted octanol–water partition coefficient (Wildman–Crippen LogP) is -0.162. The summed E-state index contributed by atoms with van der Waals surface area (Å²) in [5.41, 5.74) is -0.447. The molecule has 1 aliphatic rings. The molecule has 0 spiro atoms. The molecule has 1 aromatic heterocycles. The lowest BCUT2D eigenvalue weighted by molar-refractivity contribution is 0.112. The Balaban J connectivity index is 2.57. The van der Waals surface area contributed by atoms with E-state index in [2.05, 4.69) is 4.98 Å². The molecule has 0 unspecified atom stereocenters. The largest absolute Gasteiger partial charge is 0.465 e. The molecular formula is C8H8N2O3. The first-order chi connectivity index (χ1) is 6.31. The van der Waals surface area contributed by atoms with E-state index in [-0.39, 0.29) is 5.56 Å². The molecule has 0 aliphatic carbocycles. The van der Waals surface area contributed by atoms with Gasteiger partial charge >= 0.3 is 0 Å². The number of rotatable bonds is 1. The molecule has 13 heavy (non-hydrogen) atoms. The van der Waals surface area contributed by atoms with E-state index in [0.29, 0.717) is 18.9 Å². The lowest BCUT2D eigenvalue weighted by atomic mass is 10.3. The fourth-order valence-corrected chi connectivity index (χ4v) is 1.25. The van der Waals surface area contributed by atoms with Crippen molar-refractivity contribution in [2.45, 2.75) is 13.0 Å². The molecule has 1 aliphatic heterocycles. The Kier molecular flexibility index (Phi) is 1.84. The Labute approximate surface area is 74.0 Å². The molecule has 0 amide bonds. The summed E-state index contributed by atoms with van der Waals surface area (Å²) in [5, 5.41) is 0. The number of fused-ring (bicyclic) bond motifs is 1. The Morgan fingerprint density at radius 3 is 3.23 bits per heavy atom. The van der Waals surface area contributed by atoms with E-state index < -0.39 is 5.56 Å². The van der Waals surface area contributed by atoms with Crippen LogP contribution in [0.15, 0.2) is 11.0 Å². The van der Waals surface area contributed by atoms with Gasteiger partial charge in [0.15, 0.2) is 6.29 Å². The third-order valence-electron chi connectivity index (χ3n) is 1.89. The van der Waals surface area contributed by atoms with Gasteiger partial charge in [0.2, 0.25) is 0 Å². The summed E-state index contributed by atoms with van der Waals surface area (Å²) in [6.07, 6.45) is 2.86. The number of carbonyl (C=O) groups is 1. The molecule has 0 N–H and O–H groups in total. The molecule has 2 heterocycles. The molecule has 2 rings (SSSR count). The van der Waals surface area contributed by atoms with Crippen LogP contribution < -0.4 is 10.3 Å². The van der Waals surface area contributed by atoms with E-state index >= 15 is 0 Å². The predicted molar refractivity (Wildman–Crippen MR) is 44.0 cm³/mol. The quantitative estimate of drug-likeness (QED) is 0.563. The normalized spacial score (nSPS) is 14.5. The minimum atomic E-state index is -0.525. The second kappa shape index (κ2) is 3.01. The minimum absolute atomic E-state index is 0.0780. The fraction of sp³-hybridized carbons (Fsp3) is 0.375. The van der Waals surface area contributed by atoms with Crippen molar-refractivity contribution < 1.29 is 9.53 Å². The van der Waals surface area contributed by atoms with Gasteiger partial charge < -0.3 is 9.30 Å². The number of carbonyl (C=O) groups excluding carboxylic acids is 1. The average molecular weight is 180 g/mol. The molecule has 0 saturated heterocycles. The number of hydrogen-bond acceptors (Lipinski definition) is 4. The molecule has 5 nitrogen and oxygen atoms in total. The number of ether oxygens (including phenoxy) is 1.